The van der Waals surface area contributed by atoms with Crippen molar-refractivity contribution in [2.45, 2.75) is 6.55 Å². The summed E-state index contributed by atoms with van der Waals surface area (Å²) in [5.41, 5.74) is -0.596. The van der Waals surface area contributed by atoms with Crippen LogP contribution in [0.5, 0.6) is 0 Å². The van der Waals surface area contributed by atoms with Gasteiger partial charge in [-0.2, -0.15) is 13.9 Å². The lowest BCUT2D eigenvalue weighted by Crippen LogP contribution is -2.22. The van der Waals surface area contributed by atoms with Crippen LogP contribution in [0.1, 0.15) is 12.2 Å². The van der Waals surface area contributed by atoms with Gasteiger partial charge in [0.05, 0.1) is 11.4 Å². The standard InChI is InChI=1S/C23H17F3N6O2/c24-17-14-16(32-21(34)10-13-31(32)23(25)26)6-7-19(17)30-12-9-20(33)22(29-30)18(8-11-27)28-15-4-2-1-3-5-15/h1-14,23,27-28H/b18-8-,27-11?. The molecular formula is C23H17F3N6O2. The van der Waals surface area contributed by atoms with Crippen LogP contribution in [0.2, 0.25) is 0 Å². The Labute approximate surface area is 190 Å². The van der Waals surface area contributed by atoms with E-state index in [2.05, 4.69) is 10.4 Å². The molecule has 0 radical (unpaired) electrons. The van der Waals surface area contributed by atoms with E-state index in [0.717, 1.165) is 29.2 Å². The van der Waals surface area contributed by atoms with E-state index in [4.69, 9.17) is 5.41 Å². The molecule has 0 saturated heterocycles. The number of allylic oxidation sites excluding steroid dienone is 1. The molecule has 0 fully saturated rings. The molecule has 172 valence electrons. The molecule has 0 spiro atoms. The number of anilines is 1. The zero-order valence-electron chi connectivity index (χ0n) is 17.4. The Balaban J connectivity index is 1.75. The molecule has 0 bridgehead atoms. The van der Waals surface area contributed by atoms with Crippen LogP contribution in [0, 0.1) is 11.2 Å². The SMILES string of the molecule is N=C/C=C(\Nc1ccccc1)c1nn(-c2ccc(-n3c(=O)ccn3C(F)F)cc2F)ccc1=O. The van der Waals surface area contributed by atoms with Gasteiger partial charge in [0.1, 0.15) is 5.69 Å². The van der Waals surface area contributed by atoms with Crippen molar-refractivity contribution < 1.29 is 13.2 Å². The maximum absolute atomic E-state index is 15.0. The van der Waals surface area contributed by atoms with E-state index in [-0.39, 0.29) is 22.8 Å². The van der Waals surface area contributed by atoms with Crippen molar-refractivity contribution in [1.82, 2.24) is 19.1 Å². The summed E-state index contributed by atoms with van der Waals surface area (Å²) in [5, 5.41) is 14.6. The summed E-state index contributed by atoms with van der Waals surface area (Å²) in [6.07, 6.45) is 4.48. The average molecular weight is 466 g/mol. The minimum atomic E-state index is -3.00. The van der Waals surface area contributed by atoms with Crippen LogP contribution in [0.4, 0.5) is 18.9 Å². The first-order valence-corrected chi connectivity index (χ1v) is 9.91. The van der Waals surface area contributed by atoms with Crippen molar-refractivity contribution in [3.05, 3.63) is 111 Å². The lowest BCUT2D eigenvalue weighted by Gasteiger charge is -2.14. The second-order valence-electron chi connectivity index (χ2n) is 6.97. The minimum Gasteiger partial charge on any atom is -0.354 e. The van der Waals surface area contributed by atoms with Crippen molar-refractivity contribution in [2.75, 3.05) is 5.32 Å². The topological polar surface area (TPSA) is 97.7 Å². The first kappa shape index (κ1) is 22.5. The molecule has 2 aromatic carbocycles. The molecule has 0 amide bonds. The van der Waals surface area contributed by atoms with E-state index in [1.807, 2.05) is 6.07 Å². The van der Waals surface area contributed by atoms with Gasteiger partial charge in [0, 0.05) is 42.5 Å². The first-order valence-electron chi connectivity index (χ1n) is 9.91. The Hall–Kier alpha value is -4.67. The summed E-state index contributed by atoms with van der Waals surface area (Å²) in [5.74, 6) is -0.859. The van der Waals surface area contributed by atoms with Crippen LogP contribution in [0.3, 0.4) is 0 Å². The molecule has 0 aliphatic heterocycles. The highest BCUT2D eigenvalue weighted by molar-refractivity contribution is 5.86. The number of hydrogen-bond acceptors (Lipinski definition) is 5. The largest absolute Gasteiger partial charge is 0.354 e. The molecule has 8 nitrogen and oxygen atoms in total. The molecular weight excluding hydrogens is 449 g/mol. The molecule has 0 atom stereocenters. The van der Waals surface area contributed by atoms with Gasteiger partial charge < -0.3 is 10.7 Å². The van der Waals surface area contributed by atoms with Crippen molar-refractivity contribution in [3.63, 3.8) is 0 Å². The van der Waals surface area contributed by atoms with Gasteiger partial charge in [-0.3, -0.25) is 9.59 Å². The summed E-state index contributed by atoms with van der Waals surface area (Å²) in [7, 11) is 0. The monoisotopic (exact) mass is 466 g/mol. The maximum Gasteiger partial charge on any atom is 0.332 e. The van der Waals surface area contributed by atoms with Crippen LogP contribution in [-0.4, -0.2) is 25.4 Å². The summed E-state index contributed by atoms with van der Waals surface area (Å²) >= 11 is 0. The third-order valence-electron chi connectivity index (χ3n) is 4.80. The fourth-order valence-corrected chi connectivity index (χ4v) is 3.29. The molecule has 2 aromatic heterocycles. The Kier molecular flexibility index (Phi) is 6.26. The third-order valence-corrected chi connectivity index (χ3v) is 4.80. The summed E-state index contributed by atoms with van der Waals surface area (Å²) in [6.45, 7) is -3.00. The molecule has 2 heterocycles. The highest BCUT2D eigenvalue weighted by Crippen LogP contribution is 2.20. The Bertz CT molecular complexity index is 1490. The zero-order valence-corrected chi connectivity index (χ0v) is 17.4. The van der Waals surface area contributed by atoms with E-state index in [0.29, 0.717) is 15.1 Å². The first-order chi connectivity index (χ1) is 16.4. The highest BCUT2D eigenvalue weighted by Gasteiger charge is 2.16. The molecule has 4 rings (SSSR count). The Morgan fingerprint density at radius 2 is 1.79 bits per heavy atom. The lowest BCUT2D eigenvalue weighted by atomic mass is 10.2. The van der Waals surface area contributed by atoms with E-state index in [1.165, 1.54) is 30.5 Å². The van der Waals surface area contributed by atoms with Gasteiger partial charge in [-0.25, -0.2) is 18.4 Å². The van der Waals surface area contributed by atoms with Crippen LogP contribution in [0.25, 0.3) is 17.1 Å². The van der Waals surface area contributed by atoms with Crippen molar-refractivity contribution in [2.24, 2.45) is 0 Å². The Morgan fingerprint density at radius 1 is 1.03 bits per heavy atom. The summed E-state index contributed by atoms with van der Waals surface area (Å²) < 4.78 is 43.5. The van der Waals surface area contributed by atoms with Crippen molar-refractivity contribution in [3.8, 4) is 11.4 Å². The number of rotatable bonds is 7. The minimum absolute atomic E-state index is 0.0684. The van der Waals surface area contributed by atoms with E-state index < -0.39 is 23.4 Å². The number of aromatic nitrogens is 4. The van der Waals surface area contributed by atoms with E-state index in [1.54, 1.807) is 24.3 Å². The predicted octanol–water partition coefficient (Wildman–Crippen LogP) is 3.82. The fraction of sp³-hybridized carbons (Fsp3) is 0.0435. The number of para-hydroxylation sites is 1. The number of benzene rings is 2. The molecule has 34 heavy (non-hydrogen) atoms. The second-order valence-corrected chi connectivity index (χ2v) is 6.97. The highest BCUT2D eigenvalue weighted by atomic mass is 19.3. The number of halogens is 3. The maximum atomic E-state index is 15.0. The van der Waals surface area contributed by atoms with Gasteiger partial charge in [0.15, 0.2) is 11.5 Å². The van der Waals surface area contributed by atoms with Gasteiger partial charge in [-0.15, -0.1) is 0 Å². The van der Waals surface area contributed by atoms with Crippen LogP contribution in [-0.2, 0) is 0 Å². The predicted molar refractivity (Wildman–Crippen MR) is 121 cm³/mol. The van der Waals surface area contributed by atoms with E-state index in [9.17, 15) is 18.4 Å². The second kappa shape index (κ2) is 9.45. The molecule has 0 saturated carbocycles. The smallest absolute Gasteiger partial charge is 0.332 e. The van der Waals surface area contributed by atoms with Crippen LogP contribution in [0.15, 0.2) is 88.7 Å². The molecule has 4 aromatic rings. The number of nitrogens with zero attached hydrogens (tertiary/aromatic N) is 4. The molecule has 2 N–H and O–H groups in total. The van der Waals surface area contributed by atoms with Crippen molar-refractivity contribution >= 4 is 17.6 Å². The molecule has 11 heteroatoms. The van der Waals surface area contributed by atoms with Crippen molar-refractivity contribution in [1.29, 1.82) is 5.41 Å². The molecule has 0 aliphatic carbocycles. The normalized spacial score (nSPS) is 11.6. The fourth-order valence-electron chi connectivity index (χ4n) is 3.29. The van der Waals surface area contributed by atoms with Crippen LogP contribution < -0.4 is 16.3 Å². The van der Waals surface area contributed by atoms with E-state index >= 15 is 4.39 Å². The number of alkyl halides is 2. The van der Waals surface area contributed by atoms with Gasteiger partial charge >= 0.3 is 6.55 Å². The van der Waals surface area contributed by atoms with Gasteiger partial charge in [0.2, 0.25) is 5.43 Å². The molecule has 0 aliphatic rings. The lowest BCUT2D eigenvalue weighted by molar-refractivity contribution is 0.0487. The van der Waals surface area contributed by atoms with Crippen LogP contribution >= 0.6 is 0 Å². The van der Waals surface area contributed by atoms with Gasteiger partial charge in [0.25, 0.3) is 5.56 Å². The van der Waals surface area contributed by atoms with Gasteiger partial charge in [-0.05, 0) is 30.3 Å². The Morgan fingerprint density at radius 3 is 2.47 bits per heavy atom. The van der Waals surface area contributed by atoms with Gasteiger partial charge in [-0.1, -0.05) is 18.2 Å². The number of hydrogen-bond donors (Lipinski definition) is 2. The summed E-state index contributed by atoms with van der Waals surface area (Å²) in [6, 6.07) is 14.5. The quantitative estimate of drug-likeness (QED) is 0.405. The zero-order chi connectivity index (χ0) is 24.2. The molecule has 0 unspecified atom stereocenters. The number of nitrogens with one attached hydrogen (secondary N) is 2. The average Bonchev–Trinajstić information content (AvgIpc) is 3.22. The summed E-state index contributed by atoms with van der Waals surface area (Å²) in [4.78, 5) is 24.5. The third kappa shape index (κ3) is 4.44.